The summed E-state index contributed by atoms with van der Waals surface area (Å²) in [6.07, 6.45) is 0. The maximum absolute atomic E-state index is 2.43. The summed E-state index contributed by atoms with van der Waals surface area (Å²) in [7, 11) is 0. The average molecular weight is 639 g/mol. The minimum atomic E-state index is 1.10. The van der Waals surface area contributed by atoms with Crippen LogP contribution in [0.25, 0.3) is 60.9 Å². The molecular formula is C48H34N2. The summed E-state index contributed by atoms with van der Waals surface area (Å²) >= 11 is 0. The third-order valence-electron chi connectivity index (χ3n) is 9.61. The van der Waals surface area contributed by atoms with E-state index in [1.54, 1.807) is 0 Å². The monoisotopic (exact) mass is 638 g/mol. The van der Waals surface area contributed by atoms with Crippen molar-refractivity contribution in [2.75, 3.05) is 4.90 Å². The fourth-order valence-electron chi connectivity index (χ4n) is 7.30. The van der Waals surface area contributed by atoms with Crippen LogP contribution in [-0.4, -0.2) is 4.57 Å². The Morgan fingerprint density at radius 1 is 0.300 bits per heavy atom. The van der Waals surface area contributed by atoms with E-state index < -0.39 is 0 Å². The lowest BCUT2D eigenvalue weighted by atomic mass is 9.91. The van der Waals surface area contributed by atoms with Gasteiger partial charge in [0, 0.05) is 33.4 Å². The molecule has 236 valence electrons. The highest BCUT2D eigenvalue weighted by Gasteiger charge is 2.20. The molecule has 1 aromatic heterocycles. The Hall–Kier alpha value is -6.64. The lowest BCUT2D eigenvalue weighted by Crippen LogP contribution is -2.10. The molecule has 0 saturated heterocycles. The molecule has 0 N–H and O–H groups in total. The quantitative estimate of drug-likeness (QED) is 0.169. The lowest BCUT2D eigenvalue weighted by Gasteiger charge is -2.27. The van der Waals surface area contributed by atoms with Crippen LogP contribution in [0.3, 0.4) is 0 Å². The Morgan fingerprint density at radius 2 is 0.780 bits per heavy atom. The molecule has 0 saturated carbocycles. The Balaban J connectivity index is 1.28. The van der Waals surface area contributed by atoms with Gasteiger partial charge in [0.2, 0.25) is 0 Å². The number of aromatic nitrogens is 1. The van der Waals surface area contributed by atoms with Crippen LogP contribution in [-0.2, 0) is 0 Å². The highest BCUT2D eigenvalue weighted by molar-refractivity contribution is 6.10. The van der Waals surface area contributed by atoms with Crippen molar-refractivity contribution in [1.29, 1.82) is 0 Å². The van der Waals surface area contributed by atoms with Crippen molar-refractivity contribution in [3.05, 3.63) is 206 Å². The number of hydrogen-bond acceptors (Lipinski definition) is 1. The number of fused-ring (bicyclic) bond motifs is 3. The largest absolute Gasteiger partial charge is 0.310 e. The predicted molar refractivity (Wildman–Crippen MR) is 212 cm³/mol. The standard InChI is InChI=1S/C48H34N2/c1-4-16-35(17-5-1)36-28-30-37(31-29-36)45-34-40(49(38-18-6-2-7-19-38)39-20-8-3-9-21-39)32-33-41(45)42-22-10-13-25-46(42)50-47-26-14-11-23-43(47)44-24-12-15-27-48(44)50/h1-34H. The van der Waals surface area contributed by atoms with Crippen LogP contribution in [0.2, 0.25) is 0 Å². The second-order valence-corrected chi connectivity index (χ2v) is 12.6. The molecule has 9 rings (SSSR count). The molecule has 50 heavy (non-hydrogen) atoms. The van der Waals surface area contributed by atoms with E-state index in [1.165, 1.54) is 55.2 Å². The first-order chi connectivity index (χ1) is 24.8. The van der Waals surface area contributed by atoms with Crippen molar-refractivity contribution >= 4 is 38.9 Å². The maximum atomic E-state index is 2.43. The molecule has 8 aromatic carbocycles. The summed E-state index contributed by atoms with van der Waals surface area (Å²) in [5.41, 5.74) is 14.0. The highest BCUT2D eigenvalue weighted by atomic mass is 15.1. The van der Waals surface area contributed by atoms with Gasteiger partial charge in [0.05, 0.1) is 16.7 Å². The van der Waals surface area contributed by atoms with Crippen LogP contribution in [0.15, 0.2) is 206 Å². The highest BCUT2D eigenvalue weighted by Crippen LogP contribution is 2.43. The number of anilines is 3. The SMILES string of the molecule is c1ccc(-c2ccc(-c3cc(N(c4ccccc4)c4ccccc4)ccc3-c3ccccc3-n3c4ccccc4c4ccccc43)cc2)cc1. The minimum Gasteiger partial charge on any atom is -0.310 e. The molecule has 2 heteroatoms. The summed E-state index contributed by atoms with van der Waals surface area (Å²) in [5, 5.41) is 2.51. The van der Waals surface area contributed by atoms with Crippen molar-refractivity contribution in [3.63, 3.8) is 0 Å². The zero-order valence-corrected chi connectivity index (χ0v) is 27.5. The maximum Gasteiger partial charge on any atom is 0.0541 e. The van der Waals surface area contributed by atoms with Gasteiger partial charge in [0.1, 0.15) is 0 Å². The van der Waals surface area contributed by atoms with Gasteiger partial charge in [-0.2, -0.15) is 0 Å². The van der Waals surface area contributed by atoms with Gasteiger partial charge in [-0.25, -0.2) is 0 Å². The summed E-state index contributed by atoms with van der Waals surface area (Å²) in [6.45, 7) is 0. The first kappa shape index (κ1) is 29.5. The van der Waals surface area contributed by atoms with Gasteiger partial charge in [-0.1, -0.05) is 152 Å². The molecule has 0 aliphatic rings. The second kappa shape index (κ2) is 12.8. The van der Waals surface area contributed by atoms with Crippen LogP contribution in [0.5, 0.6) is 0 Å². The Bertz CT molecular complexity index is 2470. The fraction of sp³-hybridized carbons (Fsp3) is 0. The van der Waals surface area contributed by atoms with Crippen molar-refractivity contribution in [1.82, 2.24) is 4.57 Å². The van der Waals surface area contributed by atoms with Gasteiger partial charge >= 0.3 is 0 Å². The zero-order chi connectivity index (χ0) is 33.3. The summed E-state index contributed by atoms with van der Waals surface area (Å²) in [6, 6.07) is 74.1. The van der Waals surface area contributed by atoms with Gasteiger partial charge in [0.25, 0.3) is 0 Å². The molecule has 0 unspecified atom stereocenters. The van der Waals surface area contributed by atoms with E-state index in [-0.39, 0.29) is 0 Å². The first-order valence-corrected chi connectivity index (χ1v) is 17.1. The van der Waals surface area contributed by atoms with Gasteiger partial charge in [0.15, 0.2) is 0 Å². The Morgan fingerprint density at radius 3 is 1.40 bits per heavy atom. The van der Waals surface area contributed by atoms with Gasteiger partial charge in [-0.3, -0.25) is 0 Å². The molecule has 9 aromatic rings. The molecular weight excluding hydrogens is 605 g/mol. The predicted octanol–water partition coefficient (Wildman–Crippen LogP) is 13.3. The van der Waals surface area contributed by atoms with Gasteiger partial charge < -0.3 is 9.47 Å². The number of para-hydroxylation sites is 5. The van der Waals surface area contributed by atoms with Crippen LogP contribution in [0, 0.1) is 0 Å². The zero-order valence-electron chi connectivity index (χ0n) is 27.5. The summed E-state index contributed by atoms with van der Waals surface area (Å²) < 4.78 is 2.43. The van der Waals surface area contributed by atoms with Gasteiger partial charge in [-0.05, 0) is 82.4 Å². The fourth-order valence-corrected chi connectivity index (χ4v) is 7.30. The van der Waals surface area contributed by atoms with E-state index in [2.05, 4.69) is 216 Å². The van der Waals surface area contributed by atoms with E-state index in [4.69, 9.17) is 0 Å². The van der Waals surface area contributed by atoms with E-state index in [0.29, 0.717) is 0 Å². The van der Waals surface area contributed by atoms with Crippen LogP contribution >= 0.6 is 0 Å². The Kier molecular flexibility index (Phi) is 7.53. The topological polar surface area (TPSA) is 8.17 Å². The lowest BCUT2D eigenvalue weighted by molar-refractivity contribution is 1.18. The second-order valence-electron chi connectivity index (χ2n) is 12.6. The number of nitrogens with zero attached hydrogens (tertiary/aromatic N) is 2. The molecule has 0 spiro atoms. The molecule has 0 radical (unpaired) electrons. The molecule has 0 fully saturated rings. The normalized spacial score (nSPS) is 11.2. The smallest absolute Gasteiger partial charge is 0.0541 e. The third kappa shape index (κ3) is 5.24. The van der Waals surface area contributed by atoms with Crippen LogP contribution in [0.4, 0.5) is 17.1 Å². The van der Waals surface area contributed by atoms with E-state index in [1.807, 2.05) is 0 Å². The molecule has 2 nitrogen and oxygen atoms in total. The molecule has 0 aliphatic heterocycles. The number of hydrogen-bond donors (Lipinski definition) is 0. The van der Waals surface area contributed by atoms with Crippen LogP contribution < -0.4 is 4.90 Å². The van der Waals surface area contributed by atoms with E-state index >= 15 is 0 Å². The van der Waals surface area contributed by atoms with Crippen molar-refractivity contribution in [3.8, 4) is 39.1 Å². The average Bonchev–Trinajstić information content (AvgIpc) is 3.53. The molecule has 0 aliphatic carbocycles. The Labute approximate surface area is 292 Å². The number of rotatable bonds is 7. The number of benzene rings is 8. The molecule has 0 bridgehead atoms. The van der Waals surface area contributed by atoms with Gasteiger partial charge in [-0.15, -0.1) is 0 Å². The summed E-state index contributed by atoms with van der Waals surface area (Å²) in [5.74, 6) is 0. The molecule has 0 atom stereocenters. The van der Waals surface area contributed by atoms with E-state index in [9.17, 15) is 0 Å². The summed E-state index contributed by atoms with van der Waals surface area (Å²) in [4.78, 5) is 2.34. The molecule has 0 amide bonds. The third-order valence-corrected chi connectivity index (χ3v) is 9.61. The van der Waals surface area contributed by atoms with E-state index in [0.717, 1.165) is 22.7 Å². The van der Waals surface area contributed by atoms with Crippen LogP contribution in [0.1, 0.15) is 0 Å². The van der Waals surface area contributed by atoms with Crippen molar-refractivity contribution < 1.29 is 0 Å². The van der Waals surface area contributed by atoms with Crippen molar-refractivity contribution in [2.45, 2.75) is 0 Å². The molecule has 1 heterocycles. The first-order valence-electron chi connectivity index (χ1n) is 17.1. The van der Waals surface area contributed by atoms with Crippen molar-refractivity contribution in [2.24, 2.45) is 0 Å². The minimum absolute atomic E-state index is 1.10.